The van der Waals surface area contributed by atoms with Crippen LogP contribution in [0.15, 0.2) is 35.5 Å². The molecule has 4 N–H and O–H groups in total. The summed E-state index contributed by atoms with van der Waals surface area (Å²) in [7, 11) is 0. The summed E-state index contributed by atoms with van der Waals surface area (Å²) in [5.74, 6) is 0.566. The third kappa shape index (κ3) is 4.73. The zero-order valence-electron chi connectivity index (χ0n) is 20.0. The maximum absolute atomic E-state index is 11.9. The quantitative estimate of drug-likeness (QED) is 0.485. The molecule has 0 aromatic heterocycles. The highest BCUT2D eigenvalue weighted by molar-refractivity contribution is 5.37. The number of fused-ring (bicyclic) bond motifs is 1. The van der Waals surface area contributed by atoms with Gasteiger partial charge in [-0.2, -0.15) is 0 Å². The summed E-state index contributed by atoms with van der Waals surface area (Å²) < 4.78 is 0. The first-order valence-corrected chi connectivity index (χ1v) is 12.3. The van der Waals surface area contributed by atoms with Gasteiger partial charge in [0.15, 0.2) is 0 Å². The Balaban J connectivity index is 1.84. The second-order valence-electron chi connectivity index (χ2n) is 11.4. The minimum atomic E-state index is -1.34. The Bertz CT molecular complexity index is 734. The normalized spacial score (nSPS) is 39.7. The van der Waals surface area contributed by atoms with Gasteiger partial charge in [-0.3, -0.25) is 0 Å². The molecule has 0 radical (unpaired) electrons. The Morgan fingerprint density at radius 2 is 1.90 bits per heavy atom. The second kappa shape index (κ2) is 9.13. The van der Waals surface area contributed by atoms with E-state index >= 15 is 0 Å². The maximum Gasteiger partial charge on any atom is 0.0990 e. The van der Waals surface area contributed by atoms with Gasteiger partial charge in [-0.15, -0.1) is 0 Å². The zero-order valence-corrected chi connectivity index (χ0v) is 20.0. The molecule has 176 valence electrons. The van der Waals surface area contributed by atoms with Crippen LogP contribution in [0, 0.1) is 17.3 Å². The molecule has 3 aliphatic carbocycles. The SMILES string of the molecule is C=C1CC[C@@H](O)CC1=CC=C1CCC[C@@]2(C)[C@H]1CC[C@]2(O)[C@@](C)(O)CC(O)CC(C)C. The number of rotatable bonds is 6. The Hall–Kier alpha value is -0.940. The minimum Gasteiger partial charge on any atom is -0.393 e. The van der Waals surface area contributed by atoms with E-state index in [0.29, 0.717) is 25.2 Å². The van der Waals surface area contributed by atoms with Crippen LogP contribution in [0.2, 0.25) is 0 Å². The monoisotopic (exact) mass is 432 g/mol. The fourth-order valence-electron chi connectivity index (χ4n) is 6.79. The molecular formula is C27H44O4. The van der Waals surface area contributed by atoms with Crippen LogP contribution >= 0.6 is 0 Å². The van der Waals surface area contributed by atoms with Gasteiger partial charge in [0.25, 0.3) is 0 Å². The van der Waals surface area contributed by atoms with Crippen LogP contribution in [0.4, 0.5) is 0 Å². The predicted octanol–water partition coefficient (Wildman–Crippen LogP) is 4.82. The van der Waals surface area contributed by atoms with E-state index in [2.05, 4.69) is 39.5 Å². The van der Waals surface area contributed by atoms with Crippen molar-refractivity contribution in [3.8, 4) is 0 Å². The molecule has 0 aromatic carbocycles. The van der Waals surface area contributed by atoms with Crippen LogP contribution < -0.4 is 0 Å². The van der Waals surface area contributed by atoms with E-state index < -0.39 is 22.7 Å². The lowest BCUT2D eigenvalue weighted by molar-refractivity contribution is -0.211. The summed E-state index contributed by atoms with van der Waals surface area (Å²) in [6.07, 6.45) is 10.8. The molecular weight excluding hydrogens is 388 g/mol. The van der Waals surface area contributed by atoms with Crippen molar-refractivity contribution in [3.05, 3.63) is 35.5 Å². The summed E-state index contributed by atoms with van der Waals surface area (Å²) in [4.78, 5) is 0. The van der Waals surface area contributed by atoms with Crippen LogP contribution in [-0.2, 0) is 0 Å². The van der Waals surface area contributed by atoms with Crippen molar-refractivity contribution < 1.29 is 20.4 Å². The highest BCUT2D eigenvalue weighted by atomic mass is 16.4. The third-order valence-electron chi connectivity index (χ3n) is 8.57. The standard InChI is InChI=1S/C27H44O4/c1-18(2)15-23(29)17-26(5,30)27(31)14-12-24-20(7-6-13-25(24,27)4)9-10-21-16-22(28)11-8-19(21)3/h9-10,18,22-24,28-31H,3,6-8,11-17H2,1-2,4-5H3/t22-,23?,24+,25+,26+,27-/m1/s1. The summed E-state index contributed by atoms with van der Waals surface area (Å²) in [6.45, 7) is 12.2. The molecule has 3 rings (SSSR count). The minimum absolute atomic E-state index is 0.199. The van der Waals surface area contributed by atoms with Gasteiger partial charge >= 0.3 is 0 Å². The second-order valence-corrected chi connectivity index (χ2v) is 11.4. The first-order valence-electron chi connectivity index (χ1n) is 12.3. The lowest BCUT2D eigenvalue weighted by Gasteiger charge is -2.53. The molecule has 0 bridgehead atoms. The molecule has 3 fully saturated rings. The van der Waals surface area contributed by atoms with E-state index in [1.807, 2.05) is 0 Å². The summed E-state index contributed by atoms with van der Waals surface area (Å²) in [6, 6.07) is 0. The van der Waals surface area contributed by atoms with Crippen molar-refractivity contribution in [1.82, 2.24) is 0 Å². The molecule has 0 amide bonds. The number of allylic oxidation sites excluding steroid dienone is 4. The van der Waals surface area contributed by atoms with Gasteiger partial charge in [0.2, 0.25) is 0 Å². The van der Waals surface area contributed by atoms with Gasteiger partial charge in [0.05, 0.1) is 23.4 Å². The van der Waals surface area contributed by atoms with Crippen molar-refractivity contribution in [2.45, 2.75) is 115 Å². The van der Waals surface area contributed by atoms with E-state index in [9.17, 15) is 20.4 Å². The average Bonchev–Trinajstić information content (AvgIpc) is 2.94. The first-order chi connectivity index (χ1) is 14.4. The van der Waals surface area contributed by atoms with Crippen LogP contribution in [-0.4, -0.2) is 43.8 Å². The summed E-state index contributed by atoms with van der Waals surface area (Å²) >= 11 is 0. The molecule has 4 heteroatoms. The van der Waals surface area contributed by atoms with Crippen molar-refractivity contribution in [2.24, 2.45) is 17.3 Å². The summed E-state index contributed by atoms with van der Waals surface area (Å²) in [5.41, 5.74) is 0.609. The molecule has 3 aliphatic rings. The van der Waals surface area contributed by atoms with Crippen molar-refractivity contribution in [1.29, 1.82) is 0 Å². The largest absolute Gasteiger partial charge is 0.393 e. The van der Waals surface area contributed by atoms with E-state index in [0.717, 1.165) is 49.7 Å². The van der Waals surface area contributed by atoms with Crippen LogP contribution in [0.3, 0.4) is 0 Å². The maximum atomic E-state index is 11.9. The summed E-state index contributed by atoms with van der Waals surface area (Å²) in [5, 5.41) is 43.9. The molecule has 0 aromatic rings. The third-order valence-corrected chi connectivity index (χ3v) is 8.57. The van der Waals surface area contributed by atoms with E-state index in [4.69, 9.17) is 0 Å². The molecule has 0 saturated heterocycles. The fraction of sp³-hybridized carbons (Fsp3) is 0.778. The molecule has 3 saturated carbocycles. The number of aliphatic hydroxyl groups is 4. The number of hydrogen-bond acceptors (Lipinski definition) is 4. The molecule has 0 heterocycles. The number of aliphatic hydroxyl groups excluding tert-OH is 2. The van der Waals surface area contributed by atoms with E-state index in [-0.39, 0.29) is 18.4 Å². The Morgan fingerprint density at radius 1 is 1.19 bits per heavy atom. The predicted molar refractivity (Wildman–Crippen MR) is 125 cm³/mol. The van der Waals surface area contributed by atoms with Gasteiger partial charge in [0.1, 0.15) is 0 Å². The fourth-order valence-corrected chi connectivity index (χ4v) is 6.79. The first kappa shape index (κ1) is 24.7. The van der Waals surface area contributed by atoms with Crippen LogP contribution in [0.25, 0.3) is 0 Å². The lowest BCUT2D eigenvalue weighted by atomic mass is 9.57. The molecule has 0 aliphatic heterocycles. The Morgan fingerprint density at radius 3 is 2.58 bits per heavy atom. The van der Waals surface area contributed by atoms with Gasteiger partial charge in [-0.25, -0.2) is 0 Å². The van der Waals surface area contributed by atoms with Gasteiger partial charge in [0, 0.05) is 11.8 Å². The van der Waals surface area contributed by atoms with Gasteiger partial charge in [-0.05, 0) is 82.1 Å². The highest BCUT2D eigenvalue weighted by Crippen LogP contribution is 2.63. The van der Waals surface area contributed by atoms with Crippen molar-refractivity contribution in [3.63, 3.8) is 0 Å². The van der Waals surface area contributed by atoms with E-state index in [1.54, 1.807) is 6.92 Å². The molecule has 0 spiro atoms. The smallest absolute Gasteiger partial charge is 0.0990 e. The molecule has 4 nitrogen and oxygen atoms in total. The lowest BCUT2D eigenvalue weighted by Crippen LogP contribution is -2.62. The Labute approximate surface area is 188 Å². The van der Waals surface area contributed by atoms with Crippen LogP contribution in [0.5, 0.6) is 0 Å². The molecule has 1 unspecified atom stereocenters. The Kier molecular flexibility index (Phi) is 7.27. The van der Waals surface area contributed by atoms with Crippen molar-refractivity contribution in [2.75, 3.05) is 0 Å². The van der Waals surface area contributed by atoms with Crippen LogP contribution in [0.1, 0.15) is 91.9 Å². The zero-order chi connectivity index (χ0) is 23.0. The average molecular weight is 433 g/mol. The highest BCUT2D eigenvalue weighted by Gasteiger charge is 2.65. The van der Waals surface area contributed by atoms with Gasteiger partial charge < -0.3 is 20.4 Å². The molecule has 6 atom stereocenters. The molecule has 31 heavy (non-hydrogen) atoms. The van der Waals surface area contributed by atoms with E-state index in [1.165, 1.54) is 5.57 Å². The van der Waals surface area contributed by atoms with Crippen molar-refractivity contribution >= 4 is 0 Å². The number of hydrogen-bond donors (Lipinski definition) is 4. The topological polar surface area (TPSA) is 80.9 Å². The van der Waals surface area contributed by atoms with Gasteiger partial charge in [-0.1, -0.05) is 50.6 Å².